The molecule has 0 amide bonds. The van der Waals surface area contributed by atoms with Gasteiger partial charge in [0.15, 0.2) is 0 Å². The molecule has 6 heteroatoms. The van der Waals surface area contributed by atoms with Crippen LogP contribution in [0.5, 0.6) is 0 Å². The van der Waals surface area contributed by atoms with E-state index >= 15 is 0 Å². The highest BCUT2D eigenvalue weighted by atomic mass is 32.2. The number of nitrogens with zero attached hydrogens (tertiary/aromatic N) is 1. The number of sulfonamides is 1. The van der Waals surface area contributed by atoms with Crippen molar-refractivity contribution in [2.45, 2.75) is 25.8 Å². The van der Waals surface area contributed by atoms with Gasteiger partial charge in [-0.1, -0.05) is 0 Å². The molecule has 5 nitrogen and oxygen atoms in total. The third kappa shape index (κ3) is 4.32. The molecule has 1 saturated carbocycles. The maximum Gasteiger partial charge on any atom is 0.234 e. The molecule has 0 saturated heterocycles. The van der Waals surface area contributed by atoms with Crippen molar-refractivity contribution in [3.8, 4) is 0 Å². The summed E-state index contributed by atoms with van der Waals surface area (Å²) in [5.41, 5.74) is 1.38. The van der Waals surface area contributed by atoms with Crippen molar-refractivity contribution in [1.82, 2.24) is 10.3 Å². The Morgan fingerprint density at radius 3 is 2.76 bits per heavy atom. The summed E-state index contributed by atoms with van der Waals surface area (Å²) in [5.74, 6) is 0.0946. The van der Waals surface area contributed by atoms with Crippen LogP contribution in [0.2, 0.25) is 0 Å². The van der Waals surface area contributed by atoms with E-state index in [1.54, 1.807) is 12.1 Å². The Morgan fingerprint density at radius 2 is 2.18 bits per heavy atom. The number of aromatic nitrogens is 1. The van der Waals surface area contributed by atoms with E-state index in [1.807, 2.05) is 6.92 Å². The summed E-state index contributed by atoms with van der Waals surface area (Å²) in [6, 6.07) is 4.03. The van der Waals surface area contributed by atoms with Crippen molar-refractivity contribution in [2.24, 2.45) is 0 Å². The van der Waals surface area contributed by atoms with Gasteiger partial charge in [-0.25, -0.2) is 8.42 Å². The Hall–Kier alpha value is -1.14. The number of rotatable bonds is 6. The number of anilines is 1. The molecule has 0 unspecified atom stereocenters. The molecule has 0 spiro atoms. The summed E-state index contributed by atoms with van der Waals surface area (Å²) >= 11 is 0. The van der Waals surface area contributed by atoms with E-state index in [9.17, 15) is 8.42 Å². The minimum atomic E-state index is -3.27. The predicted molar refractivity (Wildman–Crippen MR) is 67.4 cm³/mol. The van der Waals surface area contributed by atoms with Crippen LogP contribution in [-0.2, 0) is 10.0 Å². The Bertz CT molecular complexity index is 466. The molecule has 1 aromatic heterocycles. The zero-order chi connectivity index (χ0) is 12.3. The molecule has 17 heavy (non-hydrogen) atoms. The van der Waals surface area contributed by atoms with Gasteiger partial charge in [-0.05, 0) is 31.9 Å². The molecular weight excluding hydrogens is 238 g/mol. The van der Waals surface area contributed by atoms with Crippen molar-refractivity contribution < 1.29 is 8.42 Å². The maximum atomic E-state index is 11.7. The predicted octanol–water partition coefficient (Wildman–Crippen LogP) is 0.884. The van der Waals surface area contributed by atoms with Crippen molar-refractivity contribution in [3.63, 3.8) is 0 Å². The number of hydrogen-bond donors (Lipinski definition) is 2. The fraction of sp³-hybridized carbons (Fsp3) is 0.545. The van der Waals surface area contributed by atoms with Crippen LogP contribution in [0.25, 0.3) is 0 Å². The summed E-state index contributed by atoms with van der Waals surface area (Å²) in [4.78, 5) is 4.04. The lowest BCUT2D eigenvalue weighted by atomic mass is 10.4. The van der Waals surface area contributed by atoms with Gasteiger partial charge in [-0.15, -0.1) is 0 Å². The minimum absolute atomic E-state index is 0.0946. The van der Waals surface area contributed by atoms with Gasteiger partial charge in [0.25, 0.3) is 0 Å². The van der Waals surface area contributed by atoms with E-state index in [2.05, 4.69) is 15.0 Å². The van der Waals surface area contributed by atoms with Crippen molar-refractivity contribution in [1.29, 1.82) is 0 Å². The smallest absolute Gasteiger partial charge is 0.234 e. The minimum Gasteiger partial charge on any atom is -0.313 e. The van der Waals surface area contributed by atoms with Gasteiger partial charge in [-0.2, -0.15) is 0 Å². The fourth-order valence-corrected chi connectivity index (χ4v) is 2.41. The van der Waals surface area contributed by atoms with Gasteiger partial charge in [0.05, 0.1) is 17.6 Å². The van der Waals surface area contributed by atoms with Crippen LogP contribution >= 0.6 is 0 Å². The number of pyridine rings is 1. The van der Waals surface area contributed by atoms with E-state index in [-0.39, 0.29) is 5.75 Å². The monoisotopic (exact) mass is 255 g/mol. The highest BCUT2D eigenvalue weighted by molar-refractivity contribution is 7.92. The van der Waals surface area contributed by atoms with Crippen LogP contribution in [0.4, 0.5) is 5.69 Å². The summed E-state index contributed by atoms with van der Waals surface area (Å²) < 4.78 is 25.9. The Balaban J connectivity index is 1.84. The summed E-state index contributed by atoms with van der Waals surface area (Å²) in [7, 11) is -3.27. The van der Waals surface area contributed by atoms with E-state index < -0.39 is 10.0 Å². The average molecular weight is 255 g/mol. The quantitative estimate of drug-likeness (QED) is 0.791. The number of nitrogens with one attached hydrogen (secondary N) is 2. The summed E-state index contributed by atoms with van der Waals surface area (Å²) in [6.07, 6.45) is 3.85. The molecule has 1 aliphatic carbocycles. The first-order valence-corrected chi connectivity index (χ1v) is 7.37. The maximum absolute atomic E-state index is 11.7. The second-order valence-corrected chi connectivity index (χ2v) is 6.18. The van der Waals surface area contributed by atoms with Crippen LogP contribution in [0.3, 0.4) is 0 Å². The molecule has 1 fully saturated rings. The first-order valence-electron chi connectivity index (χ1n) is 5.72. The molecule has 0 radical (unpaired) electrons. The summed E-state index contributed by atoms with van der Waals surface area (Å²) in [6.45, 7) is 2.36. The highest BCUT2D eigenvalue weighted by Crippen LogP contribution is 2.18. The lowest BCUT2D eigenvalue weighted by molar-refractivity contribution is 0.595. The molecule has 1 heterocycles. The van der Waals surface area contributed by atoms with Crippen molar-refractivity contribution >= 4 is 15.7 Å². The Morgan fingerprint density at radius 1 is 1.41 bits per heavy atom. The van der Waals surface area contributed by atoms with Gasteiger partial charge in [-0.3, -0.25) is 9.71 Å². The van der Waals surface area contributed by atoms with Crippen LogP contribution in [0.1, 0.15) is 18.5 Å². The first kappa shape index (κ1) is 12.3. The molecule has 0 bridgehead atoms. The average Bonchev–Trinajstić information content (AvgIpc) is 3.05. The van der Waals surface area contributed by atoms with E-state index in [1.165, 1.54) is 6.20 Å². The first-order chi connectivity index (χ1) is 8.05. The van der Waals surface area contributed by atoms with Crippen LogP contribution in [0.15, 0.2) is 18.3 Å². The molecule has 94 valence electrons. The SMILES string of the molecule is Cc1ccc(NS(=O)(=O)CCNC2CC2)cn1. The van der Waals surface area contributed by atoms with Gasteiger partial charge in [0.1, 0.15) is 0 Å². The second-order valence-electron chi connectivity index (χ2n) is 4.34. The van der Waals surface area contributed by atoms with E-state index in [0.717, 1.165) is 18.5 Å². The fourth-order valence-electron chi connectivity index (χ4n) is 1.44. The highest BCUT2D eigenvalue weighted by Gasteiger charge is 2.21. The van der Waals surface area contributed by atoms with Gasteiger partial charge in [0, 0.05) is 18.3 Å². The van der Waals surface area contributed by atoms with Gasteiger partial charge in [0.2, 0.25) is 10.0 Å². The third-order valence-corrected chi connectivity index (χ3v) is 3.85. The normalized spacial score (nSPS) is 15.8. The molecular formula is C11H17N3O2S. The lowest BCUT2D eigenvalue weighted by Crippen LogP contribution is -2.28. The van der Waals surface area contributed by atoms with Crippen LogP contribution < -0.4 is 10.0 Å². The largest absolute Gasteiger partial charge is 0.313 e. The molecule has 2 N–H and O–H groups in total. The zero-order valence-corrected chi connectivity index (χ0v) is 10.6. The molecule has 0 aromatic carbocycles. The van der Waals surface area contributed by atoms with E-state index in [0.29, 0.717) is 18.3 Å². The molecule has 1 aromatic rings. The van der Waals surface area contributed by atoms with Crippen LogP contribution in [0, 0.1) is 6.92 Å². The number of hydrogen-bond acceptors (Lipinski definition) is 4. The third-order valence-electron chi connectivity index (χ3n) is 2.57. The second kappa shape index (κ2) is 5.01. The zero-order valence-electron chi connectivity index (χ0n) is 9.81. The topological polar surface area (TPSA) is 71.1 Å². The van der Waals surface area contributed by atoms with Crippen molar-refractivity contribution in [3.05, 3.63) is 24.0 Å². The molecule has 0 aliphatic heterocycles. The summed E-state index contributed by atoms with van der Waals surface area (Å²) in [5, 5.41) is 3.17. The lowest BCUT2D eigenvalue weighted by Gasteiger charge is -2.08. The Labute approximate surface area is 102 Å². The standard InChI is InChI=1S/C11H17N3O2S/c1-9-2-3-11(8-13-9)14-17(15,16)7-6-12-10-4-5-10/h2-3,8,10,12,14H,4-7H2,1H3. The molecule has 1 aliphatic rings. The van der Waals surface area contributed by atoms with Crippen LogP contribution in [-0.4, -0.2) is 31.7 Å². The number of aryl methyl sites for hydroxylation is 1. The Kier molecular flexibility index (Phi) is 3.63. The molecule has 0 atom stereocenters. The molecule has 2 rings (SSSR count). The van der Waals surface area contributed by atoms with Crippen molar-refractivity contribution in [2.75, 3.05) is 17.0 Å². The van der Waals surface area contributed by atoms with E-state index in [4.69, 9.17) is 0 Å². The van der Waals surface area contributed by atoms with Gasteiger partial charge < -0.3 is 5.32 Å². The van der Waals surface area contributed by atoms with Gasteiger partial charge >= 0.3 is 0 Å².